The topological polar surface area (TPSA) is 12.0 Å². The van der Waals surface area contributed by atoms with Crippen molar-refractivity contribution in [2.24, 2.45) is 0 Å². The summed E-state index contributed by atoms with van der Waals surface area (Å²) >= 11 is 0. The van der Waals surface area contributed by atoms with Crippen LogP contribution in [0.3, 0.4) is 0 Å². The number of nitrogens with one attached hydrogen (secondary N) is 1. The highest BCUT2D eigenvalue weighted by Gasteiger charge is 2.15. The first-order valence-corrected chi connectivity index (χ1v) is 7.77. The van der Waals surface area contributed by atoms with Gasteiger partial charge in [-0.05, 0) is 54.5 Å². The van der Waals surface area contributed by atoms with Gasteiger partial charge in [-0.15, -0.1) is 0 Å². The summed E-state index contributed by atoms with van der Waals surface area (Å²) in [5.41, 5.74) is 5.65. The highest BCUT2D eigenvalue weighted by Crippen LogP contribution is 2.26. The summed E-state index contributed by atoms with van der Waals surface area (Å²) in [6.45, 7) is 3.42. The third kappa shape index (κ3) is 2.94. The van der Waals surface area contributed by atoms with Gasteiger partial charge in [0.15, 0.2) is 0 Å². The van der Waals surface area contributed by atoms with Crippen molar-refractivity contribution >= 4 is 0 Å². The lowest BCUT2D eigenvalue weighted by atomic mass is 9.93. The quantitative estimate of drug-likeness (QED) is 0.873. The molecule has 1 unspecified atom stereocenters. The van der Waals surface area contributed by atoms with E-state index in [1.54, 1.807) is 0 Å². The minimum Gasteiger partial charge on any atom is -0.314 e. The van der Waals surface area contributed by atoms with Gasteiger partial charge < -0.3 is 5.32 Å². The van der Waals surface area contributed by atoms with Crippen molar-refractivity contribution in [3.63, 3.8) is 0 Å². The highest BCUT2D eigenvalue weighted by atomic mass is 14.9. The van der Waals surface area contributed by atoms with Gasteiger partial charge in [0.2, 0.25) is 0 Å². The Morgan fingerprint density at radius 2 is 1.95 bits per heavy atom. The zero-order chi connectivity index (χ0) is 13.8. The molecular formula is C19H23N. The first-order chi connectivity index (χ1) is 9.86. The molecule has 20 heavy (non-hydrogen) atoms. The van der Waals surface area contributed by atoms with Crippen LogP contribution in [0.2, 0.25) is 0 Å². The second-order valence-electron chi connectivity index (χ2n) is 5.71. The molecule has 2 aromatic rings. The SMILES string of the molecule is CCc1ccc(CC2CCCN2)cc1-c1ccccc1. The van der Waals surface area contributed by atoms with Crippen molar-refractivity contribution in [3.8, 4) is 11.1 Å². The summed E-state index contributed by atoms with van der Waals surface area (Å²) in [6.07, 6.45) is 4.88. The first kappa shape index (κ1) is 13.4. The van der Waals surface area contributed by atoms with Crippen LogP contribution in [0.25, 0.3) is 11.1 Å². The fourth-order valence-corrected chi connectivity index (χ4v) is 3.16. The van der Waals surface area contributed by atoms with E-state index in [1.165, 1.54) is 41.6 Å². The molecule has 1 atom stereocenters. The third-order valence-corrected chi connectivity index (χ3v) is 4.28. The largest absolute Gasteiger partial charge is 0.314 e. The minimum atomic E-state index is 0.672. The Kier molecular flexibility index (Phi) is 4.17. The lowest BCUT2D eigenvalue weighted by molar-refractivity contribution is 0.603. The average Bonchev–Trinajstić information content (AvgIpc) is 3.01. The van der Waals surface area contributed by atoms with Crippen LogP contribution in [-0.4, -0.2) is 12.6 Å². The van der Waals surface area contributed by atoms with E-state index in [2.05, 4.69) is 60.8 Å². The molecule has 0 bridgehead atoms. The van der Waals surface area contributed by atoms with Crippen molar-refractivity contribution in [1.29, 1.82) is 0 Å². The molecule has 1 saturated heterocycles. The van der Waals surface area contributed by atoms with Gasteiger partial charge in [0.25, 0.3) is 0 Å². The first-order valence-electron chi connectivity index (χ1n) is 7.77. The molecule has 104 valence electrons. The van der Waals surface area contributed by atoms with Crippen molar-refractivity contribution in [2.45, 2.75) is 38.6 Å². The number of rotatable bonds is 4. The molecule has 0 aromatic heterocycles. The molecule has 1 aliphatic heterocycles. The summed E-state index contributed by atoms with van der Waals surface area (Å²) < 4.78 is 0. The maximum absolute atomic E-state index is 3.59. The Morgan fingerprint density at radius 3 is 2.65 bits per heavy atom. The fourth-order valence-electron chi connectivity index (χ4n) is 3.16. The van der Waals surface area contributed by atoms with Crippen LogP contribution in [0.1, 0.15) is 30.9 Å². The van der Waals surface area contributed by atoms with E-state index in [4.69, 9.17) is 0 Å². The maximum Gasteiger partial charge on any atom is 0.0108 e. The summed E-state index contributed by atoms with van der Waals surface area (Å²) in [5, 5.41) is 3.59. The van der Waals surface area contributed by atoms with Crippen molar-refractivity contribution in [3.05, 3.63) is 59.7 Å². The molecule has 0 aliphatic carbocycles. The van der Waals surface area contributed by atoms with Crippen LogP contribution in [0, 0.1) is 0 Å². The number of hydrogen-bond acceptors (Lipinski definition) is 1. The molecule has 0 radical (unpaired) electrons. The minimum absolute atomic E-state index is 0.672. The Hall–Kier alpha value is -1.60. The molecule has 1 N–H and O–H groups in total. The molecule has 0 spiro atoms. The van der Waals surface area contributed by atoms with Crippen molar-refractivity contribution in [2.75, 3.05) is 6.54 Å². The van der Waals surface area contributed by atoms with E-state index in [9.17, 15) is 0 Å². The van der Waals surface area contributed by atoms with E-state index in [0.29, 0.717) is 6.04 Å². The molecule has 0 saturated carbocycles. The summed E-state index contributed by atoms with van der Waals surface area (Å²) in [6, 6.07) is 18.5. The Labute approximate surface area is 122 Å². The third-order valence-electron chi connectivity index (χ3n) is 4.28. The van der Waals surface area contributed by atoms with Crippen LogP contribution in [-0.2, 0) is 12.8 Å². The Bertz CT molecular complexity index is 553. The molecule has 1 aliphatic rings. The molecule has 0 amide bonds. The van der Waals surface area contributed by atoms with Gasteiger partial charge in [0.05, 0.1) is 0 Å². The second kappa shape index (κ2) is 6.23. The summed E-state index contributed by atoms with van der Waals surface area (Å²) in [7, 11) is 0. The van der Waals surface area contributed by atoms with E-state index >= 15 is 0 Å². The predicted octanol–water partition coefficient (Wildman–Crippen LogP) is 4.21. The maximum atomic E-state index is 3.59. The van der Waals surface area contributed by atoms with Crippen molar-refractivity contribution in [1.82, 2.24) is 5.32 Å². The number of hydrogen-bond donors (Lipinski definition) is 1. The van der Waals surface area contributed by atoms with Crippen LogP contribution in [0.4, 0.5) is 0 Å². The summed E-state index contributed by atoms with van der Waals surface area (Å²) in [4.78, 5) is 0. The normalized spacial score (nSPS) is 18.4. The number of aryl methyl sites for hydroxylation is 1. The molecule has 1 fully saturated rings. The fraction of sp³-hybridized carbons (Fsp3) is 0.368. The summed E-state index contributed by atoms with van der Waals surface area (Å²) in [5.74, 6) is 0. The van der Waals surface area contributed by atoms with Crippen LogP contribution in [0.5, 0.6) is 0 Å². The van der Waals surface area contributed by atoms with Crippen LogP contribution < -0.4 is 5.32 Å². The van der Waals surface area contributed by atoms with Crippen LogP contribution >= 0.6 is 0 Å². The van der Waals surface area contributed by atoms with Gasteiger partial charge in [-0.3, -0.25) is 0 Å². The molecule has 1 heterocycles. The van der Waals surface area contributed by atoms with E-state index in [0.717, 1.165) is 12.8 Å². The van der Waals surface area contributed by atoms with Gasteiger partial charge >= 0.3 is 0 Å². The molecule has 1 heteroatoms. The van der Waals surface area contributed by atoms with E-state index in [1.807, 2.05) is 0 Å². The standard InChI is InChI=1S/C19H23N/c1-2-16-11-10-15(13-18-9-6-12-20-18)14-19(16)17-7-4-3-5-8-17/h3-5,7-8,10-11,14,18,20H,2,6,9,12-13H2,1H3. The molecule has 1 nitrogen and oxygen atoms in total. The van der Waals surface area contributed by atoms with Gasteiger partial charge in [-0.2, -0.15) is 0 Å². The predicted molar refractivity (Wildman–Crippen MR) is 86.0 cm³/mol. The average molecular weight is 265 g/mol. The second-order valence-corrected chi connectivity index (χ2v) is 5.71. The van der Waals surface area contributed by atoms with Gasteiger partial charge in [0.1, 0.15) is 0 Å². The van der Waals surface area contributed by atoms with Crippen LogP contribution in [0.15, 0.2) is 48.5 Å². The monoisotopic (exact) mass is 265 g/mol. The van der Waals surface area contributed by atoms with Gasteiger partial charge in [-0.25, -0.2) is 0 Å². The van der Waals surface area contributed by atoms with E-state index in [-0.39, 0.29) is 0 Å². The lowest BCUT2D eigenvalue weighted by Crippen LogP contribution is -2.23. The molecule has 3 rings (SSSR count). The van der Waals surface area contributed by atoms with Gasteiger partial charge in [0, 0.05) is 6.04 Å². The van der Waals surface area contributed by atoms with Crippen molar-refractivity contribution < 1.29 is 0 Å². The zero-order valence-electron chi connectivity index (χ0n) is 12.2. The van der Waals surface area contributed by atoms with Gasteiger partial charge in [-0.1, -0.05) is 55.5 Å². The Morgan fingerprint density at radius 1 is 1.10 bits per heavy atom. The Balaban J connectivity index is 1.90. The highest BCUT2D eigenvalue weighted by molar-refractivity contribution is 5.68. The molecule has 2 aromatic carbocycles. The smallest absolute Gasteiger partial charge is 0.0108 e. The number of benzene rings is 2. The molecular weight excluding hydrogens is 242 g/mol. The van der Waals surface area contributed by atoms with E-state index < -0.39 is 0 Å². The zero-order valence-corrected chi connectivity index (χ0v) is 12.2. The lowest BCUT2D eigenvalue weighted by Gasteiger charge is -2.14.